The zero-order valence-corrected chi connectivity index (χ0v) is 17.8. The van der Waals surface area contributed by atoms with Crippen molar-refractivity contribution < 1.29 is 0 Å². The predicted octanol–water partition coefficient (Wildman–Crippen LogP) is 4.65. The lowest BCUT2D eigenvalue weighted by Crippen LogP contribution is -2.28. The van der Waals surface area contributed by atoms with Crippen molar-refractivity contribution in [3.63, 3.8) is 0 Å². The first kappa shape index (κ1) is 19.7. The monoisotopic (exact) mass is 397 g/mol. The zero-order chi connectivity index (χ0) is 19.9. The van der Waals surface area contributed by atoms with Crippen LogP contribution in [0.25, 0.3) is 0 Å². The van der Waals surface area contributed by atoms with Crippen molar-refractivity contribution in [3.8, 4) is 0 Å². The molecule has 3 aromatic rings. The van der Waals surface area contributed by atoms with Gasteiger partial charge in [-0.25, -0.2) is 0 Å². The van der Waals surface area contributed by atoms with Crippen molar-refractivity contribution in [3.05, 3.63) is 115 Å². The number of hydrogen-bond acceptors (Lipinski definition) is 1. The van der Waals surface area contributed by atoms with Crippen molar-refractivity contribution in [2.45, 2.75) is 19.4 Å². The van der Waals surface area contributed by atoms with Crippen molar-refractivity contribution in [2.24, 2.45) is 0 Å². The molecular weight excluding hydrogens is 369 g/mol. The fourth-order valence-electron chi connectivity index (χ4n) is 3.92. The largest absolute Gasteiger partial charge is 0.310 e. The van der Waals surface area contributed by atoms with Gasteiger partial charge in [-0.15, -0.1) is 0 Å². The van der Waals surface area contributed by atoms with Crippen molar-refractivity contribution in [1.29, 1.82) is 0 Å². The lowest BCUT2D eigenvalue weighted by molar-refractivity contribution is 0.635. The molecular formula is C27H28NP. The predicted molar refractivity (Wildman–Crippen MR) is 131 cm³/mol. The fraction of sp³-hybridized carbons (Fsp3) is 0.148. The van der Waals surface area contributed by atoms with Crippen LogP contribution >= 0.6 is 6.89 Å². The molecule has 0 saturated heterocycles. The molecule has 1 unspecified atom stereocenters. The first-order valence-corrected chi connectivity index (χ1v) is 12.2. The summed E-state index contributed by atoms with van der Waals surface area (Å²) in [5.41, 5.74) is 1.32. The van der Waals surface area contributed by atoms with Crippen LogP contribution in [0.1, 0.15) is 13.3 Å². The van der Waals surface area contributed by atoms with Crippen LogP contribution in [0.5, 0.6) is 0 Å². The molecule has 0 fully saturated rings. The maximum absolute atomic E-state index is 3.53. The average molecular weight is 398 g/mol. The second-order valence-electron chi connectivity index (χ2n) is 7.45. The first-order valence-electron chi connectivity index (χ1n) is 10.3. The highest BCUT2D eigenvalue weighted by molar-refractivity contribution is 7.94. The quantitative estimate of drug-likeness (QED) is 0.632. The van der Waals surface area contributed by atoms with Crippen LogP contribution in [-0.4, -0.2) is 18.4 Å². The van der Waals surface area contributed by atoms with Gasteiger partial charge in [-0.3, -0.25) is 0 Å². The smallest absolute Gasteiger partial charge is 0.0225 e. The van der Waals surface area contributed by atoms with Crippen molar-refractivity contribution in [1.82, 2.24) is 5.32 Å². The van der Waals surface area contributed by atoms with Crippen LogP contribution in [0.15, 0.2) is 115 Å². The topological polar surface area (TPSA) is 12.0 Å². The van der Waals surface area contributed by atoms with E-state index in [1.54, 1.807) is 0 Å². The maximum Gasteiger partial charge on any atom is 0.0225 e. The molecule has 1 atom stereocenters. The summed E-state index contributed by atoms with van der Waals surface area (Å²) >= 11 is 0. The van der Waals surface area contributed by atoms with Crippen LogP contribution < -0.4 is 21.2 Å². The van der Waals surface area contributed by atoms with Gasteiger partial charge < -0.3 is 5.32 Å². The van der Waals surface area contributed by atoms with Gasteiger partial charge in [0, 0.05) is 6.04 Å². The van der Waals surface area contributed by atoms with Gasteiger partial charge in [-0.2, -0.15) is 0 Å². The molecule has 1 nitrogen and oxygen atoms in total. The summed E-state index contributed by atoms with van der Waals surface area (Å²) in [6, 6.07) is 33.5. The summed E-state index contributed by atoms with van der Waals surface area (Å²) < 4.78 is 0. The van der Waals surface area contributed by atoms with Crippen LogP contribution in [0.2, 0.25) is 0 Å². The minimum absolute atomic E-state index is 0.394. The maximum atomic E-state index is 3.53. The highest BCUT2D eigenvalue weighted by Gasteiger charge is 2.25. The molecule has 29 heavy (non-hydrogen) atoms. The molecule has 0 aromatic heterocycles. The van der Waals surface area contributed by atoms with Crippen LogP contribution in [-0.2, 0) is 0 Å². The third-order valence-corrected chi connectivity index (χ3v) is 9.42. The highest BCUT2D eigenvalue weighted by atomic mass is 31.2. The Morgan fingerprint density at radius 1 is 0.759 bits per heavy atom. The molecule has 146 valence electrons. The number of benzene rings is 3. The van der Waals surface area contributed by atoms with Gasteiger partial charge in [0.25, 0.3) is 0 Å². The number of allylic oxidation sites excluding steroid dienone is 2. The summed E-state index contributed by atoms with van der Waals surface area (Å²) in [6.07, 6.45) is 7.98. The van der Waals surface area contributed by atoms with E-state index in [4.69, 9.17) is 0 Å². The van der Waals surface area contributed by atoms with E-state index in [0.29, 0.717) is 6.04 Å². The standard InChI is InChI=1S/C27H28NP/c1-23-19-20-24(12-11-21-28-23)22-29(25-13-5-2-6-14-25,26-15-7-3-8-16-26)27-17-9-4-10-18-27/h2-10,12-20,22-23,28H,11,21H2,1H3/b20-19-,24-12+. The molecule has 2 heteroatoms. The summed E-state index contributed by atoms with van der Waals surface area (Å²) in [5.74, 6) is 2.56. The summed E-state index contributed by atoms with van der Waals surface area (Å²) in [6.45, 7) is 1.29. The zero-order valence-electron chi connectivity index (χ0n) is 16.9. The molecule has 1 N–H and O–H groups in total. The number of rotatable bonds is 4. The molecule has 0 spiro atoms. The minimum atomic E-state index is -1.94. The highest BCUT2D eigenvalue weighted by Crippen LogP contribution is 2.44. The molecule has 0 radical (unpaired) electrons. The van der Waals surface area contributed by atoms with Gasteiger partial charge in [0.15, 0.2) is 0 Å². The SMILES string of the molecule is CC1/C=C\C(C=P(c2ccccc2)(c2ccccc2)c2ccccc2)=C/CCN1. The van der Waals surface area contributed by atoms with E-state index in [-0.39, 0.29) is 0 Å². The summed E-state index contributed by atoms with van der Waals surface area (Å²) in [5, 5.41) is 7.69. The Labute approximate surface area is 174 Å². The van der Waals surface area contributed by atoms with Crippen LogP contribution in [0.4, 0.5) is 0 Å². The van der Waals surface area contributed by atoms with Crippen molar-refractivity contribution in [2.75, 3.05) is 6.54 Å². The Bertz CT molecular complexity index is 930. The Balaban J connectivity index is 2.04. The Hall–Kier alpha value is -2.60. The molecule has 0 amide bonds. The van der Waals surface area contributed by atoms with Gasteiger partial charge in [0.2, 0.25) is 0 Å². The molecule has 4 rings (SSSR count). The number of hydrogen-bond donors (Lipinski definition) is 1. The van der Waals surface area contributed by atoms with E-state index >= 15 is 0 Å². The summed E-state index contributed by atoms with van der Waals surface area (Å²) in [7, 11) is 0. The Morgan fingerprint density at radius 3 is 1.72 bits per heavy atom. The average Bonchev–Trinajstić information content (AvgIpc) is 2.78. The lowest BCUT2D eigenvalue weighted by atomic mass is 10.1. The Kier molecular flexibility index (Phi) is 6.30. The van der Waals surface area contributed by atoms with E-state index < -0.39 is 6.89 Å². The van der Waals surface area contributed by atoms with Gasteiger partial charge in [0.1, 0.15) is 0 Å². The van der Waals surface area contributed by atoms with E-state index in [1.807, 2.05) is 0 Å². The van der Waals surface area contributed by atoms with Gasteiger partial charge >= 0.3 is 0 Å². The Morgan fingerprint density at radius 2 is 1.24 bits per heavy atom. The molecule has 1 aliphatic heterocycles. The first-order chi connectivity index (χ1) is 14.3. The van der Waals surface area contributed by atoms with E-state index in [1.165, 1.54) is 21.5 Å². The molecule has 0 aliphatic carbocycles. The van der Waals surface area contributed by atoms with Gasteiger partial charge in [-0.1, -0.05) is 109 Å². The van der Waals surface area contributed by atoms with Crippen LogP contribution in [0.3, 0.4) is 0 Å². The normalized spacial score (nSPS) is 20.0. The third kappa shape index (κ3) is 4.37. The summed E-state index contributed by atoms with van der Waals surface area (Å²) in [4.78, 5) is 0. The molecule has 0 saturated carbocycles. The van der Waals surface area contributed by atoms with Gasteiger partial charge in [0.05, 0.1) is 0 Å². The van der Waals surface area contributed by atoms with Crippen molar-refractivity contribution >= 4 is 28.6 Å². The minimum Gasteiger partial charge on any atom is -0.310 e. The molecule has 0 bridgehead atoms. The van der Waals surface area contributed by atoms with E-state index in [2.05, 4.69) is 127 Å². The molecule has 1 aliphatic rings. The molecule has 1 heterocycles. The second-order valence-corrected chi connectivity index (χ2v) is 10.7. The fourth-order valence-corrected chi connectivity index (χ4v) is 7.83. The van der Waals surface area contributed by atoms with Crippen LogP contribution in [0, 0.1) is 0 Å². The van der Waals surface area contributed by atoms with Gasteiger partial charge in [-0.05, 0) is 54.1 Å². The third-order valence-electron chi connectivity index (χ3n) is 5.40. The number of nitrogens with one attached hydrogen (secondary N) is 1. The lowest BCUT2D eigenvalue weighted by Gasteiger charge is -2.29. The molecule has 3 aromatic carbocycles. The van der Waals surface area contributed by atoms with E-state index in [0.717, 1.165) is 13.0 Å². The van der Waals surface area contributed by atoms with E-state index in [9.17, 15) is 0 Å². The second kappa shape index (κ2) is 9.27.